The molecule has 1 amide bonds. The highest BCUT2D eigenvalue weighted by molar-refractivity contribution is 8.00. The van der Waals surface area contributed by atoms with Crippen molar-refractivity contribution in [3.8, 4) is 6.07 Å². The Morgan fingerprint density at radius 1 is 1.38 bits per heavy atom. The minimum Gasteiger partial charge on any atom is -0.316 e. The van der Waals surface area contributed by atoms with Gasteiger partial charge in [0.05, 0.1) is 11.3 Å². The van der Waals surface area contributed by atoms with Gasteiger partial charge in [-0.3, -0.25) is 4.79 Å². The molecule has 0 spiro atoms. The molecule has 1 aromatic heterocycles. The first-order valence-corrected chi connectivity index (χ1v) is 8.46. The first-order valence-electron chi connectivity index (χ1n) is 6.65. The van der Waals surface area contributed by atoms with E-state index in [0.717, 1.165) is 21.8 Å². The predicted octanol–water partition coefficient (Wildman–Crippen LogP) is 4.22. The second kappa shape index (κ2) is 7.30. The molecule has 0 fully saturated rings. The van der Waals surface area contributed by atoms with E-state index in [1.165, 1.54) is 23.1 Å². The molecule has 0 radical (unpaired) electrons. The number of thioether (sulfide) groups is 1. The average Bonchev–Trinajstić information content (AvgIpc) is 2.80. The smallest absolute Gasteiger partial charge is 0.235 e. The van der Waals surface area contributed by atoms with Gasteiger partial charge in [-0.1, -0.05) is 25.1 Å². The minimum atomic E-state index is -0.0794. The van der Waals surface area contributed by atoms with Gasteiger partial charge in [0.25, 0.3) is 0 Å². The molecule has 2 rings (SSSR count). The SMILES string of the molecule is CCc1c(C)sc(NC(=O)CSc2ccccc2)c1C#N. The van der Waals surface area contributed by atoms with E-state index >= 15 is 0 Å². The van der Waals surface area contributed by atoms with Crippen molar-refractivity contribution in [2.45, 2.75) is 25.2 Å². The molecular formula is C16H16N2OS2. The third-order valence-corrected chi connectivity index (χ3v) is 5.12. The molecule has 0 unspecified atom stereocenters. The quantitative estimate of drug-likeness (QED) is 0.840. The maximum Gasteiger partial charge on any atom is 0.235 e. The standard InChI is InChI=1S/C16H16N2OS2/c1-3-13-11(2)21-16(14(13)9-17)18-15(19)10-20-12-7-5-4-6-8-12/h4-8H,3,10H2,1-2H3,(H,18,19). The lowest BCUT2D eigenvalue weighted by molar-refractivity contribution is -0.113. The van der Waals surface area contributed by atoms with Crippen LogP contribution >= 0.6 is 23.1 Å². The Labute approximate surface area is 133 Å². The average molecular weight is 316 g/mol. The van der Waals surface area contributed by atoms with Gasteiger partial charge in [-0.2, -0.15) is 5.26 Å². The number of aryl methyl sites for hydroxylation is 1. The van der Waals surface area contributed by atoms with Crippen LogP contribution < -0.4 is 5.32 Å². The fourth-order valence-corrected chi connectivity index (χ4v) is 3.87. The summed E-state index contributed by atoms with van der Waals surface area (Å²) < 4.78 is 0. The first kappa shape index (κ1) is 15.6. The Morgan fingerprint density at radius 2 is 2.10 bits per heavy atom. The molecule has 0 saturated carbocycles. The normalized spacial score (nSPS) is 10.1. The molecule has 21 heavy (non-hydrogen) atoms. The molecule has 1 aromatic carbocycles. The topological polar surface area (TPSA) is 52.9 Å². The van der Waals surface area contributed by atoms with Crippen LogP contribution in [0.3, 0.4) is 0 Å². The summed E-state index contributed by atoms with van der Waals surface area (Å²) in [5, 5.41) is 12.8. The molecule has 0 aliphatic heterocycles. The molecule has 3 nitrogen and oxygen atoms in total. The van der Waals surface area contributed by atoms with Gasteiger partial charge in [-0.05, 0) is 31.0 Å². The van der Waals surface area contributed by atoms with Crippen molar-refractivity contribution in [3.05, 3.63) is 46.3 Å². The van der Waals surface area contributed by atoms with Crippen LogP contribution in [0.25, 0.3) is 0 Å². The van der Waals surface area contributed by atoms with Crippen molar-refractivity contribution in [1.29, 1.82) is 5.26 Å². The second-order valence-electron chi connectivity index (χ2n) is 4.46. The molecule has 0 aliphatic carbocycles. The summed E-state index contributed by atoms with van der Waals surface area (Å²) in [4.78, 5) is 14.2. The maximum atomic E-state index is 12.0. The summed E-state index contributed by atoms with van der Waals surface area (Å²) >= 11 is 2.96. The van der Waals surface area contributed by atoms with Crippen molar-refractivity contribution < 1.29 is 4.79 Å². The zero-order valence-corrected chi connectivity index (χ0v) is 13.6. The summed E-state index contributed by atoms with van der Waals surface area (Å²) in [5.41, 5.74) is 1.64. The van der Waals surface area contributed by atoms with Crippen LogP contribution in [0, 0.1) is 18.3 Å². The zero-order valence-electron chi connectivity index (χ0n) is 12.0. The number of rotatable bonds is 5. The number of nitriles is 1. The lowest BCUT2D eigenvalue weighted by Gasteiger charge is -2.03. The van der Waals surface area contributed by atoms with Gasteiger partial charge in [0.15, 0.2) is 0 Å². The number of anilines is 1. The third-order valence-electron chi connectivity index (χ3n) is 3.04. The minimum absolute atomic E-state index is 0.0794. The van der Waals surface area contributed by atoms with E-state index in [4.69, 9.17) is 0 Å². The largest absolute Gasteiger partial charge is 0.316 e. The van der Waals surface area contributed by atoms with Gasteiger partial charge < -0.3 is 5.32 Å². The van der Waals surface area contributed by atoms with E-state index in [2.05, 4.69) is 11.4 Å². The third kappa shape index (κ3) is 3.87. The van der Waals surface area contributed by atoms with E-state index in [-0.39, 0.29) is 5.91 Å². The van der Waals surface area contributed by atoms with Gasteiger partial charge in [0.2, 0.25) is 5.91 Å². The van der Waals surface area contributed by atoms with Crippen LogP contribution in [0.2, 0.25) is 0 Å². The number of nitrogens with zero attached hydrogens (tertiary/aromatic N) is 1. The number of hydrogen-bond donors (Lipinski definition) is 1. The summed E-state index contributed by atoms with van der Waals surface area (Å²) in [6.07, 6.45) is 0.805. The number of thiophene rings is 1. The molecule has 108 valence electrons. The Hall–Kier alpha value is -1.77. The number of nitrogens with one attached hydrogen (secondary N) is 1. The molecule has 0 atom stereocenters. The highest BCUT2D eigenvalue weighted by Gasteiger charge is 2.16. The molecular weight excluding hydrogens is 300 g/mol. The maximum absolute atomic E-state index is 12.0. The Bertz CT molecular complexity index is 672. The summed E-state index contributed by atoms with van der Waals surface area (Å²) in [7, 11) is 0. The van der Waals surface area contributed by atoms with Gasteiger partial charge >= 0.3 is 0 Å². The van der Waals surface area contributed by atoms with Crippen molar-refractivity contribution in [1.82, 2.24) is 0 Å². The van der Waals surface area contributed by atoms with E-state index < -0.39 is 0 Å². The summed E-state index contributed by atoms with van der Waals surface area (Å²) in [6.45, 7) is 4.01. The van der Waals surface area contributed by atoms with Crippen molar-refractivity contribution in [2.75, 3.05) is 11.1 Å². The Morgan fingerprint density at radius 3 is 2.71 bits per heavy atom. The number of carbonyl (C=O) groups is 1. The van der Waals surface area contributed by atoms with Gasteiger partial charge in [-0.25, -0.2) is 0 Å². The first-order chi connectivity index (χ1) is 10.2. The van der Waals surface area contributed by atoms with Crippen LogP contribution in [0.5, 0.6) is 0 Å². The number of carbonyl (C=O) groups excluding carboxylic acids is 1. The monoisotopic (exact) mass is 316 g/mol. The summed E-state index contributed by atoms with van der Waals surface area (Å²) in [6, 6.07) is 12.0. The van der Waals surface area contributed by atoms with E-state index in [9.17, 15) is 10.1 Å². The van der Waals surface area contributed by atoms with Crippen LogP contribution in [0.4, 0.5) is 5.00 Å². The Kier molecular flexibility index (Phi) is 5.43. The summed E-state index contributed by atoms with van der Waals surface area (Å²) in [5.74, 6) is 0.261. The second-order valence-corrected chi connectivity index (χ2v) is 6.73. The van der Waals surface area contributed by atoms with Gasteiger partial charge in [0, 0.05) is 9.77 Å². The van der Waals surface area contributed by atoms with E-state index in [1.807, 2.05) is 44.2 Å². The van der Waals surface area contributed by atoms with Crippen LogP contribution in [0.15, 0.2) is 35.2 Å². The number of benzene rings is 1. The molecule has 2 aromatic rings. The van der Waals surface area contributed by atoms with Crippen LogP contribution in [-0.2, 0) is 11.2 Å². The Balaban J connectivity index is 2.02. The lowest BCUT2D eigenvalue weighted by Crippen LogP contribution is -2.13. The molecule has 5 heteroatoms. The molecule has 0 aliphatic rings. The highest BCUT2D eigenvalue weighted by Crippen LogP contribution is 2.32. The van der Waals surface area contributed by atoms with Crippen molar-refractivity contribution in [3.63, 3.8) is 0 Å². The van der Waals surface area contributed by atoms with Gasteiger partial charge in [-0.15, -0.1) is 23.1 Å². The van der Waals surface area contributed by atoms with Gasteiger partial charge in [0.1, 0.15) is 11.1 Å². The van der Waals surface area contributed by atoms with E-state index in [0.29, 0.717) is 16.3 Å². The highest BCUT2D eigenvalue weighted by atomic mass is 32.2. The molecule has 1 heterocycles. The molecule has 1 N–H and O–H groups in total. The predicted molar refractivity (Wildman–Crippen MR) is 88.9 cm³/mol. The number of hydrogen-bond acceptors (Lipinski definition) is 4. The van der Waals surface area contributed by atoms with Crippen molar-refractivity contribution in [2.24, 2.45) is 0 Å². The molecule has 0 bridgehead atoms. The zero-order chi connectivity index (χ0) is 15.2. The lowest BCUT2D eigenvalue weighted by atomic mass is 10.1. The number of amides is 1. The molecule has 0 saturated heterocycles. The van der Waals surface area contributed by atoms with Crippen LogP contribution in [0.1, 0.15) is 22.9 Å². The van der Waals surface area contributed by atoms with Crippen molar-refractivity contribution >= 4 is 34.0 Å². The van der Waals surface area contributed by atoms with E-state index in [1.54, 1.807) is 0 Å². The fraction of sp³-hybridized carbons (Fsp3) is 0.250. The van der Waals surface area contributed by atoms with Crippen LogP contribution in [-0.4, -0.2) is 11.7 Å². The fourth-order valence-electron chi connectivity index (χ4n) is 2.04.